The Labute approximate surface area is 126 Å². The summed E-state index contributed by atoms with van der Waals surface area (Å²) in [6, 6.07) is 14.8. The smallest absolute Gasteiger partial charge is 0.185 e. The molecule has 0 aromatic heterocycles. The van der Waals surface area contributed by atoms with Crippen LogP contribution in [0.25, 0.3) is 0 Å². The van der Waals surface area contributed by atoms with Crippen molar-refractivity contribution in [2.24, 2.45) is 5.73 Å². The summed E-state index contributed by atoms with van der Waals surface area (Å²) < 4.78 is 26.1. The lowest BCUT2D eigenvalue weighted by Crippen LogP contribution is -2.18. The average Bonchev–Trinajstić information content (AvgIpc) is 2.48. The van der Waals surface area contributed by atoms with Crippen LogP contribution in [0.2, 0.25) is 0 Å². The highest BCUT2D eigenvalue weighted by Gasteiger charge is 2.29. The molecule has 0 heterocycles. The molecule has 21 heavy (non-hydrogen) atoms. The molecule has 1 atom stereocenters. The Balaban J connectivity index is 2.55. The maximum Gasteiger partial charge on any atom is 0.185 e. The van der Waals surface area contributed by atoms with E-state index < -0.39 is 15.1 Å². The van der Waals surface area contributed by atoms with E-state index in [1.807, 2.05) is 56.3 Å². The second-order valence-corrected chi connectivity index (χ2v) is 7.39. The Morgan fingerprint density at radius 1 is 1.05 bits per heavy atom. The van der Waals surface area contributed by atoms with E-state index in [9.17, 15) is 8.42 Å². The summed E-state index contributed by atoms with van der Waals surface area (Å²) >= 11 is 0. The van der Waals surface area contributed by atoms with Crippen molar-refractivity contribution in [1.29, 1.82) is 0 Å². The molecule has 0 aliphatic rings. The van der Waals surface area contributed by atoms with Gasteiger partial charge in [0.25, 0.3) is 0 Å². The summed E-state index contributed by atoms with van der Waals surface area (Å²) in [7, 11) is -3.45. The van der Waals surface area contributed by atoms with Gasteiger partial charge in [-0.05, 0) is 49.6 Å². The zero-order valence-electron chi connectivity index (χ0n) is 12.4. The quantitative estimate of drug-likeness (QED) is 0.923. The van der Waals surface area contributed by atoms with E-state index in [-0.39, 0.29) is 0 Å². The van der Waals surface area contributed by atoms with Crippen molar-refractivity contribution < 1.29 is 8.42 Å². The summed E-state index contributed by atoms with van der Waals surface area (Å²) in [6.07, 6.45) is 0.416. The molecule has 0 amide bonds. The summed E-state index contributed by atoms with van der Waals surface area (Å²) in [4.78, 5) is 0.407. The van der Waals surface area contributed by atoms with Crippen LogP contribution in [-0.2, 0) is 9.84 Å². The first kappa shape index (κ1) is 15.7. The average molecular weight is 303 g/mol. The van der Waals surface area contributed by atoms with Crippen LogP contribution in [-0.4, -0.2) is 15.0 Å². The Morgan fingerprint density at radius 2 is 1.71 bits per heavy atom. The Morgan fingerprint density at radius 3 is 2.33 bits per heavy atom. The summed E-state index contributed by atoms with van der Waals surface area (Å²) in [5.41, 5.74) is 8.16. The molecule has 2 aromatic carbocycles. The number of nitrogens with two attached hydrogens (primary N) is 1. The lowest BCUT2D eigenvalue weighted by molar-refractivity contribution is 0.575. The Bertz CT molecular complexity index is 709. The molecule has 0 fully saturated rings. The molecule has 0 bridgehead atoms. The van der Waals surface area contributed by atoms with Crippen molar-refractivity contribution >= 4 is 9.84 Å². The normalized spacial score (nSPS) is 13.1. The first-order chi connectivity index (χ1) is 9.96. The van der Waals surface area contributed by atoms with Gasteiger partial charge in [0.15, 0.2) is 9.84 Å². The van der Waals surface area contributed by atoms with Crippen molar-refractivity contribution in [3.8, 4) is 0 Å². The second kappa shape index (κ2) is 6.41. The molecule has 0 aliphatic heterocycles. The molecular weight excluding hydrogens is 282 g/mol. The van der Waals surface area contributed by atoms with Gasteiger partial charge in [-0.3, -0.25) is 0 Å². The predicted molar refractivity (Wildman–Crippen MR) is 86.0 cm³/mol. The van der Waals surface area contributed by atoms with Crippen molar-refractivity contribution in [2.75, 3.05) is 6.54 Å². The van der Waals surface area contributed by atoms with Gasteiger partial charge in [0.05, 0.1) is 10.1 Å². The number of benzene rings is 2. The molecule has 0 aliphatic carbocycles. The van der Waals surface area contributed by atoms with Gasteiger partial charge in [-0.2, -0.15) is 0 Å². The van der Waals surface area contributed by atoms with Crippen LogP contribution in [0.5, 0.6) is 0 Å². The molecular formula is C17H21NO2S. The molecule has 0 saturated carbocycles. The third-order valence-electron chi connectivity index (χ3n) is 3.62. The van der Waals surface area contributed by atoms with Gasteiger partial charge < -0.3 is 5.73 Å². The van der Waals surface area contributed by atoms with Gasteiger partial charge in [0.2, 0.25) is 0 Å². The minimum absolute atomic E-state index is 0.337. The summed E-state index contributed by atoms with van der Waals surface area (Å²) in [6.45, 7) is 4.07. The largest absolute Gasteiger partial charge is 0.330 e. The molecule has 112 valence electrons. The van der Waals surface area contributed by atoms with Gasteiger partial charge in [0, 0.05) is 0 Å². The van der Waals surface area contributed by atoms with Crippen LogP contribution >= 0.6 is 0 Å². The van der Waals surface area contributed by atoms with Crippen molar-refractivity contribution in [3.63, 3.8) is 0 Å². The van der Waals surface area contributed by atoms with Crippen molar-refractivity contribution in [3.05, 3.63) is 65.2 Å². The zero-order valence-corrected chi connectivity index (χ0v) is 13.2. The molecule has 0 spiro atoms. The minimum Gasteiger partial charge on any atom is -0.330 e. The molecule has 0 radical (unpaired) electrons. The number of sulfone groups is 1. The fourth-order valence-electron chi connectivity index (χ4n) is 2.49. The van der Waals surface area contributed by atoms with Crippen LogP contribution in [0.4, 0.5) is 0 Å². The van der Waals surface area contributed by atoms with E-state index in [1.165, 1.54) is 0 Å². The standard InChI is InChI=1S/C17H21NO2S/c1-13-8-9-14(2)17(12-13)21(19,20)16(10-11-18)15-6-4-3-5-7-15/h3-9,12,16H,10-11,18H2,1-2H3. The van der Waals surface area contributed by atoms with Crippen molar-refractivity contribution in [1.82, 2.24) is 0 Å². The lowest BCUT2D eigenvalue weighted by Gasteiger charge is -2.19. The van der Waals surface area contributed by atoms with E-state index in [0.29, 0.717) is 17.9 Å². The number of rotatable bonds is 5. The molecule has 2 rings (SSSR count). The first-order valence-electron chi connectivity index (χ1n) is 7.03. The number of hydrogen-bond acceptors (Lipinski definition) is 3. The van der Waals surface area contributed by atoms with Crippen LogP contribution in [0.3, 0.4) is 0 Å². The molecule has 0 saturated heterocycles. The van der Waals surface area contributed by atoms with E-state index >= 15 is 0 Å². The van der Waals surface area contributed by atoms with E-state index in [2.05, 4.69) is 0 Å². The Hall–Kier alpha value is -1.65. The minimum atomic E-state index is -3.45. The van der Waals surface area contributed by atoms with Gasteiger partial charge in [-0.25, -0.2) is 8.42 Å². The fourth-order valence-corrected chi connectivity index (χ4v) is 4.62. The third-order valence-corrected chi connectivity index (χ3v) is 5.93. The molecule has 2 aromatic rings. The Kier molecular flexibility index (Phi) is 4.80. The van der Waals surface area contributed by atoms with Crippen LogP contribution in [0, 0.1) is 13.8 Å². The number of hydrogen-bond donors (Lipinski definition) is 1. The first-order valence-corrected chi connectivity index (χ1v) is 8.57. The lowest BCUT2D eigenvalue weighted by atomic mass is 10.1. The topological polar surface area (TPSA) is 60.2 Å². The SMILES string of the molecule is Cc1ccc(C)c(S(=O)(=O)C(CCN)c2ccccc2)c1. The highest BCUT2D eigenvalue weighted by Crippen LogP contribution is 2.33. The monoisotopic (exact) mass is 303 g/mol. The van der Waals surface area contributed by atoms with Gasteiger partial charge in [0.1, 0.15) is 0 Å². The van der Waals surface area contributed by atoms with Crippen molar-refractivity contribution in [2.45, 2.75) is 30.4 Å². The predicted octanol–water partition coefficient (Wildman–Crippen LogP) is 3.17. The highest BCUT2D eigenvalue weighted by molar-refractivity contribution is 7.91. The molecule has 1 unspecified atom stereocenters. The van der Waals surface area contributed by atoms with E-state index in [0.717, 1.165) is 16.7 Å². The summed E-state index contributed by atoms with van der Waals surface area (Å²) in [5.74, 6) is 0. The van der Waals surface area contributed by atoms with Crippen LogP contribution < -0.4 is 5.73 Å². The van der Waals surface area contributed by atoms with E-state index in [1.54, 1.807) is 6.07 Å². The maximum atomic E-state index is 13.0. The van der Waals surface area contributed by atoms with Crippen LogP contribution in [0.15, 0.2) is 53.4 Å². The summed E-state index contributed by atoms with van der Waals surface area (Å²) in [5, 5.41) is -0.593. The number of aryl methyl sites for hydroxylation is 2. The third kappa shape index (κ3) is 3.34. The second-order valence-electron chi connectivity index (χ2n) is 5.29. The highest BCUT2D eigenvalue weighted by atomic mass is 32.2. The van der Waals surface area contributed by atoms with Crippen LogP contribution in [0.1, 0.15) is 28.4 Å². The van der Waals surface area contributed by atoms with Gasteiger partial charge >= 0.3 is 0 Å². The molecule has 3 nitrogen and oxygen atoms in total. The zero-order chi connectivity index (χ0) is 15.5. The fraction of sp³-hybridized carbons (Fsp3) is 0.294. The van der Waals surface area contributed by atoms with Gasteiger partial charge in [-0.1, -0.05) is 42.5 Å². The molecule has 4 heteroatoms. The molecule has 2 N–H and O–H groups in total. The van der Waals surface area contributed by atoms with Gasteiger partial charge in [-0.15, -0.1) is 0 Å². The van der Waals surface area contributed by atoms with E-state index in [4.69, 9.17) is 5.73 Å². The maximum absolute atomic E-state index is 13.0.